The van der Waals surface area contributed by atoms with E-state index >= 15 is 0 Å². The van der Waals surface area contributed by atoms with Crippen LogP contribution in [0.3, 0.4) is 0 Å². The molecule has 1 saturated heterocycles. The molecule has 4 heteroatoms. The molecular weight excluding hydrogens is 226 g/mol. The molecule has 0 spiro atoms. The molecule has 1 aromatic heterocycles. The van der Waals surface area contributed by atoms with Crippen LogP contribution in [0.2, 0.25) is 0 Å². The van der Waals surface area contributed by atoms with Gasteiger partial charge in [-0.05, 0) is 38.4 Å². The average Bonchev–Trinajstić information content (AvgIpc) is 2.85. The van der Waals surface area contributed by atoms with Gasteiger partial charge in [-0.2, -0.15) is 4.98 Å². The van der Waals surface area contributed by atoms with Crippen LogP contribution in [-0.2, 0) is 0 Å². The van der Waals surface area contributed by atoms with Gasteiger partial charge in [0.05, 0.1) is 6.61 Å². The van der Waals surface area contributed by atoms with Crippen LogP contribution in [0.4, 0.5) is 5.82 Å². The summed E-state index contributed by atoms with van der Waals surface area (Å²) in [5, 5.41) is 3.41. The highest BCUT2D eigenvalue weighted by Gasteiger charge is 2.20. The van der Waals surface area contributed by atoms with Gasteiger partial charge in [0, 0.05) is 19.2 Å². The maximum atomic E-state index is 5.39. The zero-order chi connectivity index (χ0) is 12.8. The second kappa shape index (κ2) is 6.59. The first-order valence-corrected chi connectivity index (χ1v) is 6.88. The van der Waals surface area contributed by atoms with E-state index in [1.807, 2.05) is 25.1 Å². The van der Waals surface area contributed by atoms with Gasteiger partial charge in [0.25, 0.3) is 0 Å². The average molecular weight is 249 g/mol. The first-order chi connectivity index (χ1) is 8.81. The minimum absolute atomic E-state index is 0.657. The lowest BCUT2D eigenvalue weighted by Gasteiger charge is -2.14. The van der Waals surface area contributed by atoms with Crippen LogP contribution in [0, 0.1) is 5.92 Å². The minimum atomic E-state index is 0.657. The summed E-state index contributed by atoms with van der Waals surface area (Å²) in [6.45, 7) is 9.45. The van der Waals surface area contributed by atoms with Gasteiger partial charge in [0.15, 0.2) is 0 Å². The molecule has 2 heterocycles. The summed E-state index contributed by atoms with van der Waals surface area (Å²) in [4.78, 5) is 6.91. The van der Waals surface area contributed by atoms with Crippen LogP contribution in [0.1, 0.15) is 20.3 Å². The maximum absolute atomic E-state index is 5.39. The molecular formula is C14H23N3O. The number of hydrogen-bond acceptors (Lipinski definition) is 4. The first kappa shape index (κ1) is 13.1. The van der Waals surface area contributed by atoms with Gasteiger partial charge in [0.2, 0.25) is 5.88 Å². The molecule has 0 bridgehead atoms. The number of hydrogen-bond donors (Lipinski definition) is 1. The van der Waals surface area contributed by atoms with Gasteiger partial charge in [0.1, 0.15) is 5.82 Å². The maximum Gasteiger partial charge on any atom is 0.215 e. The Bertz CT molecular complexity index is 370. The van der Waals surface area contributed by atoms with Gasteiger partial charge in [-0.25, -0.2) is 0 Å². The summed E-state index contributed by atoms with van der Waals surface area (Å²) in [6.07, 6.45) is 1.28. The van der Waals surface area contributed by atoms with Crippen LogP contribution >= 0.6 is 0 Å². The fourth-order valence-corrected chi connectivity index (χ4v) is 2.36. The Balaban J connectivity index is 1.81. The van der Waals surface area contributed by atoms with Gasteiger partial charge in [-0.3, -0.25) is 0 Å². The van der Waals surface area contributed by atoms with E-state index in [2.05, 4.69) is 22.1 Å². The summed E-state index contributed by atoms with van der Waals surface area (Å²) < 4.78 is 5.39. The van der Waals surface area contributed by atoms with E-state index in [4.69, 9.17) is 4.74 Å². The topological polar surface area (TPSA) is 37.4 Å². The Morgan fingerprint density at radius 1 is 1.44 bits per heavy atom. The first-order valence-electron chi connectivity index (χ1n) is 6.88. The predicted octanol–water partition coefficient (Wildman–Crippen LogP) is 2.23. The third kappa shape index (κ3) is 3.60. The Labute approximate surface area is 109 Å². The lowest BCUT2D eigenvalue weighted by atomic mass is 10.1. The van der Waals surface area contributed by atoms with Crippen LogP contribution in [-0.4, -0.2) is 42.7 Å². The van der Waals surface area contributed by atoms with Crippen LogP contribution in [0.5, 0.6) is 5.88 Å². The summed E-state index contributed by atoms with van der Waals surface area (Å²) in [7, 11) is 0. The fraction of sp³-hybridized carbons (Fsp3) is 0.643. The van der Waals surface area contributed by atoms with Crippen molar-refractivity contribution in [3.05, 3.63) is 18.2 Å². The number of aromatic nitrogens is 1. The van der Waals surface area contributed by atoms with Crippen LogP contribution in [0.15, 0.2) is 18.2 Å². The SMILES string of the molecule is CCOc1cccc(NCC2CCN(CC)C2)n1. The molecule has 1 fully saturated rings. The van der Waals surface area contributed by atoms with Crippen molar-refractivity contribution in [2.45, 2.75) is 20.3 Å². The number of pyridine rings is 1. The van der Waals surface area contributed by atoms with E-state index in [-0.39, 0.29) is 0 Å². The molecule has 18 heavy (non-hydrogen) atoms. The van der Waals surface area contributed by atoms with Crippen molar-refractivity contribution in [1.29, 1.82) is 0 Å². The van der Waals surface area contributed by atoms with Crippen molar-refractivity contribution in [1.82, 2.24) is 9.88 Å². The second-order valence-corrected chi connectivity index (χ2v) is 4.72. The largest absolute Gasteiger partial charge is 0.478 e. The van der Waals surface area contributed by atoms with E-state index in [9.17, 15) is 0 Å². The highest BCUT2D eigenvalue weighted by atomic mass is 16.5. The lowest BCUT2D eigenvalue weighted by Crippen LogP contribution is -2.22. The molecule has 0 radical (unpaired) electrons. The Kier molecular flexibility index (Phi) is 4.81. The molecule has 1 N–H and O–H groups in total. The van der Waals surface area contributed by atoms with Gasteiger partial charge in [-0.1, -0.05) is 13.0 Å². The Morgan fingerprint density at radius 2 is 2.33 bits per heavy atom. The fourth-order valence-electron chi connectivity index (χ4n) is 2.36. The van der Waals surface area contributed by atoms with Crippen molar-refractivity contribution in [3.8, 4) is 5.88 Å². The van der Waals surface area contributed by atoms with E-state index in [1.165, 1.54) is 19.5 Å². The monoisotopic (exact) mass is 249 g/mol. The van der Waals surface area contributed by atoms with Crippen LogP contribution in [0.25, 0.3) is 0 Å². The molecule has 1 atom stereocenters. The number of ether oxygens (including phenoxy) is 1. The Morgan fingerprint density at radius 3 is 3.06 bits per heavy atom. The highest BCUT2D eigenvalue weighted by molar-refractivity contribution is 5.37. The molecule has 1 aromatic rings. The molecule has 100 valence electrons. The third-order valence-corrected chi connectivity index (χ3v) is 3.40. The molecule has 4 nitrogen and oxygen atoms in total. The van der Waals surface area contributed by atoms with Gasteiger partial charge < -0.3 is 15.0 Å². The zero-order valence-electron chi connectivity index (χ0n) is 11.4. The number of nitrogens with zero attached hydrogens (tertiary/aromatic N) is 2. The molecule has 0 aromatic carbocycles. The normalized spacial score (nSPS) is 20.0. The molecule has 1 aliphatic rings. The summed E-state index contributed by atoms with van der Waals surface area (Å²) in [5.74, 6) is 2.35. The second-order valence-electron chi connectivity index (χ2n) is 4.72. The van der Waals surface area contributed by atoms with Crippen molar-refractivity contribution < 1.29 is 4.74 Å². The van der Waals surface area contributed by atoms with Crippen LogP contribution < -0.4 is 10.1 Å². The number of likely N-dealkylation sites (tertiary alicyclic amines) is 1. The van der Waals surface area contributed by atoms with E-state index in [1.54, 1.807) is 0 Å². The lowest BCUT2D eigenvalue weighted by molar-refractivity contribution is 0.327. The standard InChI is InChI=1S/C14H23N3O/c1-3-17-9-8-12(11-17)10-15-13-6-5-7-14(16-13)18-4-2/h5-7,12H,3-4,8-11H2,1-2H3,(H,15,16). The predicted molar refractivity (Wildman–Crippen MR) is 74.1 cm³/mol. The molecule has 0 amide bonds. The van der Waals surface area contributed by atoms with Crippen molar-refractivity contribution in [2.75, 3.05) is 38.1 Å². The smallest absolute Gasteiger partial charge is 0.215 e. The number of rotatable bonds is 6. The van der Waals surface area contributed by atoms with Crippen molar-refractivity contribution in [3.63, 3.8) is 0 Å². The summed E-state index contributed by atoms with van der Waals surface area (Å²) in [5.41, 5.74) is 0. The van der Waals surface area contributed by atoms with E-state index in [0.29, 0.717) is 12.5 Å². The highest BCUT2D eigenvalue weighted by Crippen LogP contribution is 2.17. The molecule has 1 aliphatic heterocycles. The molecule has 1 unspecified atom stereocenters. The quantitative estimate of drug-likeness (QED) is 0.839. The summed E-state index contributed by atoms with van der Waals surface area (Å²) >= 11 is 0. The Hall–Kier alpha value is -1.29. The zero-order valence-corrected chi connectivity index (χ0v) is 11.4. The van der Waals surface area contributed by atoms with Crippen molar-refractivity contribution >= 4 is 5.82 Å². The molecule has 0 saturated carbocycles. The van der Waals surface area contributed by atoms with E-state index in [0.717, 1.165) is 24.8 Å². The molecule has 2 rings (SSSR count). The number of nitrogens with one attached hydrogen (secondary N) is 1. The van der Waals surface area contributed by atoms with Gasteiger partial charge >= 0.3 is 0 Å². The minimum Gasteiger partial charge on any atom is -0.478 e. The molecule has 0 aliphatic carbocycles. The third-order valence-electron chi connectivity index (χ3n) is 3.40. The number of anilines is 1. The van der Waals surface area contributed by atoms with Crippen molar-refractivity contribution in [2.24, 2.45) is 5.92 Å². The van der Waals surface area contributed by atoms with E-state index < -0.39 is 0 Å². The summed E-state index contributed by atoms with van der Waals surface area (Å²) in [6, 6.07) is 5.87. The van der Waals surface area contributed by atoms with Gasteiger partial charge in [-0.15, -0.1) is 0 Å².